The highest BCUT2D eigenvalue weighted by Gasteiger charge is 2.19. The molecule has 118 valence electrons. The maximum absolute atomic E-state index is 12.0. The largest absolute Gasteiger partial charge is 0.497 e. The minimum absolute atomic E-state index is 0.350. The number of carbonyl (C=O) groups excluding carboxylic acids is 1. The predicted molar refractivity (Wildman–Crippen MR) is 88.8 cm³/mol. The van der Waals surface area contributed by atoms with Crippen LogP contribution in [0.4, 0.5) is 0 Å². The van der Waals surface area contributed by atoms with Crippen molar-refractivity contribution in [3.05, 3.63) is 34.5 Å². The molecule has 1 aromatic carbocycles. The smallest absolute Gasteiger partial charge is 0.367 e. The van der Waals surface area contributed by atoms with Gasteiger partial charge in [0.1, 0.15) is 5.75 Å². The van der Waals surface area contributed by atoms with Crippen LogP contribution in [0, 0.1) is 6.92 Å². The Hall–Kier alpha value is -1.88. The summed E-state index contributed by atoms with van der Waals surface area (Å²) >= 11 is 1.39. The van der Waals surface area contributed by atoms with Crippen molar-refractivity contribution >= 4 is 17.3 Å². The van der Waals surface area contributed by atoms with E-state index in [4.69, 9.17) is 9.47 Å². The lowest BCUT2D eigenvalue weighted by atomic mass is 10.0. The van der Waals surface area contributed by atoms with Gasteiger partial charge in [0.25, 0.3) is 0 Å². The first-order valence-corrected chi connectivity index (χ1v) is 8.24. The first kappa shape index (κ1) is 16.5. The summed E-state index contributed by atoms with van der Waals surface area (Å²) in [4.78, 5) is 17.5. The molecule has 4 nitrogen and oxygen atoms in total. The number of hydrogen-bond acceptors (Lipinski definition) is 5. The summed E-state index contributed by atoms with van der Waals surface area (Å²) < 4.78 is 10.4. The SMILES string of the molecule is CCCc1nc(C(=O)OCC)sc1-c1cc(OC)ccc1C. The fourth-order valence-electron chi connectivity index (χ4n) is 2.22. The summed E-state index contributed by atoms with van der Waals surface area (Å²) in [6, 6.07) is 5.95. The molecule has 0 bridgehead atoms. The average molecular weight is 319 g/mol. The molecule has 0 aliphatic heterocycles. The topological polar surface area (TPSA) is 48.4 Å². The highest BCUT2D eigenvalue weighted by Crippen LogP contribution is 2.35. The summed E-state index contributed by atoms with van der Waals surface area (Å²) in [7, 11) is 1.65. The zero-order valence-corrected chi connectivity index (χ0v) is 14.3. The van der Waals surface area contributed by atoms with E-state index < -0.39 is 0 Å². The van der Waals surface area contributed by atoms with Crippen LogP contribution in [0.2, 0.25) is 0 Å². The third kappa shape index (κ3) is 3.47. The van der Waals surface area contributed by atoms with Crippen molar-refractivity contribution in [1.29, 1.82) is 0 Å². The lowest BCUT2D eigenvalue weighted by Crippen LogP contribution is -2.04. The van der Waals surface area contributed by atoms with Gasteiger partial charge in [0.05, 0.1) is 24.3 Å². The van der Waals surface area contributed by atoms with Crippen LogP contribution in [0.5, 0.6) is 5.75 Å². The van der Waals surface area contributed by atoms with E-state index in [9.17, 15) is 4.79 Å². The van der Waals surface area contributed by atoms with E-state index in [-0.39, 0.29) is 5.97 Å². The highest BCUT2D eigenvalue weighted by atomic mass is 32.1. The molecular formula is C17H21NO3S. The van der Waals surface area contributed by atoms with Crippen LogP contribution < -0.4 is 4.74 Å². The van der Waals surface area contributed by atoms with E-state index in [2.05, 4.69) is 11.9 Å². The number of esters is 1. The number of benzene rings is 1. The minimum atomic E-state index is -0.350. The molecule has 0 spiro atoms. The Morgan fingerprint density at radius 1 is 1.32 bits per heavy atom. The third-order valence-corrected chi connectivity index (χ3v) is 4.43. The Balaban J connectivity index is 2.51. The van der Waals surface area contributed by atoms with E-state index in [1.54, 1.807) is 14.0 Å². The van der Waals surface area contributed by atoms with Crippen molar-refractivity contribution in [2.75, 3.05) is 13.7 Å². The number of carbonyl (C=O) groups is 1. The lowest BCUT2D eigenvalue weighted by Gasteiger charge is -2.08. The molecule has 1 aromatic heterocycles. The van der Waals surface area contributed by atoms with Crippen LogP contribution in [-0.2, 0) is 11.2 Å². The number of nitrogens with zero attached hydrogens (tertiary/aromatic N) is 1. The lowest BCUT2D eigenvalue weighted by molar-refractivity contribution is 0.0525. The summed E-state index contributed by atoms with van der Waals surface area (Å²) in [5.41, 5.74) is 3.15. The molecule has 0 amide bonds. The minimum Gasteiger partial charge on any atom is -0.497 e. The second-order valence-corrected chi connectivity index (χ2v) is 5.95. The molecule has 2 rings (SSSR count). The average Bonchev–Trinajstić information content (AvgIpc) is 2.92. The van der Waals surface area contributed by atoms with Crippen LogP contribution >= 0.6 is 11.3 Å². The first-order chi connectivity index (χ1) is 10.6. The van der Waals surface area contributed by atoms with Crippen LogP contribution in [0.1, 0.15) is 41.3 Å². The van der Waals surface area contributed by atoms with Gasteiger partial charge >= 0.3 is 5.97 Å². The molecule has 0 aliphatic carbocycles. The molecule has 0 saturated heterocycles. The van der Waals surface area contributed by atoms with Crippen molar-refractivity contribution in [3.8, 4) is 16.2 Å². The maximum atomic E-state index is 12.0. The van der Waals surface area contributed by atoms with Gasteiger partial charge in [-0.2, -0.15) is 0 Å². The van der Waals surface area contributed by atoms with Gasteiger partial charge in [-0.3, -0.25) is 0 Å². The Morgan fingerprint density at radius 2 is 2.09 bits per heavy atom. The monoisotopic (exact) mass is 319 g/mol. The second-order valence-electron chi connectivity index (χ2n) is 4.95. The van der Waals surface area contributed by atoms with Gasteiger partial charge < -0.3 is 9.47 Å². The Labute approximate surface area is 135 Å². The second kappa shape index (κ2) is 7.40. The fraction of sp³-hybridized carbons (Fsp3) is 0.412. The van der Waals surface area contributed by atoms with Gasteiger partial charge in [0, 0.05) is 5.56 Å². The molecule has 1 heterocycles. The molecule has 0 atom stereocenters. The van der Waals surface area contributed by atoms with Gasteiger partial charge in [-0.15, -0.1) is 11.3 Å². The third-order valence-electron chi connectivity index (χ3n) is 3.32. The molecule has 0 radical (unpaired) electrons. The van der Waals surface area contributed by atoms with Gasteiger partial charge in [-0.1, -0.05) is 19.4 Å². The number of methoxy groups -OCH3 is 1. The fourth-order valence-corrected chi connectivity index (χ4v) is 3.31. The Bertz CT molecular complexity index is 664. The van der Waals surface area contributed by atoms with Gasteiger partial charge in [0.2, 0.25) is 5.01 Å². The molecule has 0 fully saturated rings. The van der Waals surface area contributed by atoms with Crippen molar-refractivity contribution in [3.63, 3.8) is 0 Å². The van der Waals surface area contributed by atoms with Crippen LogP contribution in [0.15, 0.2) is 18.2 Å². The predicted octanol–water partition coefficient (Wildman–Crippen LogP) is 4.26. The summed E-state index contributed by atoms with van der Waals surface area (Å²) in [5, 5.41) is 0.419. The zero-order valence-electron chi connectivity index (χ0n) is 13.4. The van der Waals surface area contributed by atoms with Crippen LogP contribution in [0.25, 0.3) is 10.4 Å². The van der Waals surface area contributed by atoms with Crippen LogP contribution in [0.3, 0.4) is 0 Å². The van der Waals surface area contributed by atoms with E-state index >= 15 is 0 Å². The Kier molecular flexibility index (Phi) is 5.55. The number of hydrogen-bond donors (Lipinski definition) is 0. The number of ether oxygens (including phenoxy) is 2. The zero-order chi connectivity index (χ0) is 16.1. The molecule has 22 heavy (non-hydrogen) atoms. The van der Waals surface area contributed by atoms with E-state index in [1.165, 1.54) is 11.3 Å². The van der Waals surface area contributed by atoms with Crippen molar-refractivity contribution < 1.29 is 14.3 Å². The molecular weight excluding hydrogens is 298 g/mol. The molecule has 0 aliphatic rings. The first-order valence-electron chi connectivity index (χ1n) is 7.42. The summed E-state index contributed by atoms with van der Waals surface area (Å²) in [6.45, 7) is 6.31. The van der Waals surface area contributed by atoms with Crippen molar-refractivity contribution in [2.24, 2.45) is 0 Å². The number of thiazole rings is 1. The van der Waals surface area contributed by atoms with Gasteiger partial charge in [-0.05, 0) is 38.0 Å². The van der Waals surface area contributed by atoms with Gasteiger partial charge in [-0.25, -0.2) is 9.78 Å². The van der Waals surface area contributed by atoms with E-state index in [0.29, 0.717) is 11.6 Å². The highest BCUT2D eigenvalue weighted by molar-refractivity contribution is 7.17. The molecule has 0 N–H and O–H groups in total. The van der Waals surface area contributed by atoms with E-state index in [1.807, 2.05) is 25.1 Å². The molecule has 0 saturated carbocycles. The van der Waals surface area contributed by atoms with E-state index in [0.717, 1.165) is 40.3 Å². The molecule has 5 heteroatoms. The summed E-state index contributed by atoms with van der Waals surface area (Å²) in [6.07, 6.45) is 1.81. The Morgan fingerprint density at radius 3 is 2.73 bits per heavy atom. The summed E-state index contributed by atoms with van der Waals surface area (Å²) in [5.74, 6) is 0.450. The standard InChI is InChI=1S/C17H21NO3S/c1-5-7-14-15(22-16(18-14)17(19)21-6-2)13-10-12(20-4)9-8-11(13)3/h8-10H,5-7H2,1-4H3. The maximum Gasteiger partial charge on any atom is 0.367 e. The normalized spacial score (nSPS) is 10.5. The molecule has 0 unspecified atom stereocenters. The van der Waals surface area contributed by atoms with Crippen LogP contribution in [-0.4, -0.2) is 24.7 Å². The number of aryl methyl sites for hydroxylation is 2. The number of rotatable bonds is 6. The molecule has 2 aromatic rings. The van der Waals surface area contributed by atoms with Crippen molar-refractivity contribution in [1.82, 2.24) is 4.98 Å². The van der Waals surface area contributed by atoms with Crippen molar-refractivity contribution in [2.45, 2.75) is 33.6 Å². The quantitative estimate of drug-likeness (QED) is 0.747. The number of aromatic nitrogens is 1. The van der Waals surface area contributed by atoms with Gasteiger partial charge in [0.15, 0.2) is 0 Å².